The minimum Gasteiger partial charge on any atom is -0.370 e. The number of hydrogen-bond donors (Lipinski definition) is 1. The molecular weight excluding hydrogens is 381 g/mol. The molecule has 0 bridgehead atoms. The molecule has 2 aromatic carbocycles. The lowest BCUT2D eigenvalue weighted by molar-refractivity contribution is -0.133. The number of likely N-dealkylation sites (tertiary alicyclic amines) is 1. The molecule has 1 N–H and O–H groups in total. The maximum absolute atomic E-state index is 14.6. The largest absolute Gasteiger partial charge is 0.370 e. The molecule has 0 saturated carbocycles. The van der Waals surface area contributed by atoms with E-state index in [0.717, 1.165) is 43.6 Å². The fraction of sp³-hybridized carbons (Fsp3) is 0.417. The van der Waals surface area contributed by atoms with E-state index < -0.39 is 5.82 Å². The highest BCUT2D eigenvalue weighted by atomic mass is 19.1. The van der Waals surface area contributed by atoms with Crippen LogP contribution in [0, 0.1) is 11.7 Å². The van der Waals surface area contributed by atoms with Gasteiger partial charge >= 0.3 is 0 Å². The van der Waals surface area contributed by atoms with Gasteiger partial charge in [-0.1, -0.05) is 36.4 Å². The first kappa shape index (κ1) is 20.4. The number of halogens is 1. The quantitative estimate of drug-likeness (QED) is 0.816. The van der Waals surface area contributed by atoms with Crippen molar-refractivity contribution in [1.29, 1.82) is 0 Å². The Morgan fingerprint density at radius 2 is 1.73 bits per heavy atom. The third-order valence-electron chi connectivity index (χ3n) is 6.03. The van der Waals surface area contributed by atoms with Gasteiger partial charge in [0.25, 0.3) is 0 Å². The van der Waals surface area contributed by atoms with Crippen LogP contribution < -0.4 is 10.2 Å². The summed E-state index contributed by atoms with van der Waals surface area (Å²) in [4.78, 5) is 29.6. The molecular formula is C24H28FN3O2. The number of rotatable bonds is 5. The SMILES string of the molecule is O=C(Nc1c(F)cccc1N1CCCC1)C1CCCN(C(=O)Cc2ccccc2)C1. The monoisotopic (exact) mass is 409 g/mol. The van der Waals surface area contributed by atoms with Crippen molar-refractivity contribution >= 4 is 23.2 Å². The van der Waals surface area contributed by atoms with E-state index in [1.165, 1.54) is 6.07 Å². The van der Waals surface area contributed by atoms with E-state index in [9.17, 15) is 14.0 Å². The van der Waals surface area contributed by atoms with Crippen LogP contribution in [0.25, 0.3) is 0 Å². The number of anilines is 2. The van der Waals surface area contributed by atoms with Crippen molar-refractivity contribution in [2.24, 2.45) is 5.92 Å². The molecule has 1 unspecified atom stereocenters. The number of para-hydroxylation sites is 1. The maximum Gasteiger partial charge on any atom is 0.229 e. The van der Waals surface area contributed by atoms with Crippen molar-refractivity contribution < 1.29 is 14.0 Å². The number of hydrogen-bond acceptors (Lipinski definition) is 3. The van der Waals surface area contributed by atoms with Gasteiger partial charge in [-0.15, -0.1) is 0 Å². The summed E-state index contributed by atoms with van der Waals surface area (Å²) in [7, 11) is 0. The second kappa shape index (κ2) is 9.28. The fourth-order valence-corrected chi connectivity index (χ4v) is 4.38. The topological polar surface area (TPSA) is 52.7 Å². The minimum absolute atomic E-state index is 0.0300. The molecule has 2 heterocycles. The number of amides is 2. The normalized spacial score (nSPS) is 19.0. The predicted octanol–water partition coefficient (Wildman–Crippen LogP) is 3.85. The standard InChI is InChI=1S/C24H28FN3O2/c25-20-11-6-12-21(27-13-4-5-14-27)23(20)26-24(30)19-10-7-15-28(17-19)22(29)16-18-8-2-1-3-9-18/h1-3,6,8-9,11-12,19H,4-5,7,10,13-17H2,(H,26,30). The van der Waals surface area contributed by atoms with E-state index in [1.54, 1.807) is 11.0 Å². The first-order chi connectivity index (χ1) is 14.6. The number of carbonyl (C=O) groups excluding carboxylic acids is 2. The highest BCUT2D eigenvalue weighted by molar-refractivity contribution is 5.96. The zero-order valence-electron chi connectivity index (χ0n) is 17.1. The predicted molar refractivity (Wildman–Crippen MR) is 116 cm³/mol. The van der Waals surface area contributed by atoms with Gasteiger partial charge < -0.3 is 15.1 Å². The molecule has 30 heavy (non-hydrogen) atoms. The van der Waals surface area contributed by atoms with Crippen LogP contribution in [0.1, 0.15) is 31.2 Å². The van der Waals surface area contributed by atoms with E-state index in [-0.39, 0.29) is 23.4 Å². The summed E-state index contributed by atoms with van der Waals surface area (Å²) in [6, 6.07) is 14.6. The van der Waals surface area contributed by atoms with Crippen LogP contribution in [0.3, 0.4) is 0 Å². The second-order valence-corrected chi connectivity index (χ2v) is 8.16. The summed E-state index contributed by atoms with van der Waals surface area (Å²) >= 11 is 0. The summed E-state index contributed by atoms with van der Waals surface area (Å²) in [5.41, 5.74) is 1.97. The van der Waals surface area contributed by atoms with Gasteiger partial charge in [-0.3, -0.25) is 9.59 Å². The van der Waals surface area contributed by atoms with Crippen LogP contribution in [-0.4, -0.2) is 42.9 Å². The number of benzene rings is 2. The third-order valence-corrected chi connectivity index (χ3v) is 6.03. The Morgan fingerprint density at radius 3 is 2.50 bits per heavy atom. The summed E-state index contributed by atoms with van der Waals surface area (Å²) in [6.07, 6.45) is 3.96. The molecule has 2 fully saturated rings. The molecule has 158 valence electrons. The van der Waals surface area contributed by atoms with Gasteiger partial charge in [0.1, 0.15) is 11.5 Å². The van der Waals surface area contributed by atoms with Gasteiger partial charge in [-0.05, 0) is 43.4 Å². The first-order valence-electron chi connectivity index (χ1n) is 10.8. The lowest BCUT2D eigenvalue weighted by Gasteiger charge is -2.32. The minimum atomic E-state index is -0.416. The van der Waals surface area contributed by atoms with Crippen LogP contribution in [0.2, 0.25) is 0 Å². The molecule has 2 aromatic rings. The summed E-state index contributed by atoms with van der Waals surface area (Å²) in [5.74, 6) is -0.926. The number of carbonyl (C=O) groups is 2. The van der Waals surface area contributed by atoms with Crippen molar-refractivity contribution in [2.45, 2.75) is 32.1 Å². The lowest BCUT2D eigenvalue weighted by Crippen LogP contribution is -2.44. The molecule has 1 atom stereocenters. The van der Waals surface area contributed by atoms with Crippen molar-refractivity contribution in [2.75, 3.05) is 36.4 Å². The van der Waals surface area contributed by atoms with E-state index in [4.69, 9.17) is 0 Å². The highest BCUT2D eigenvalue weighted by Gasteiger charge is 2.30. The van der Waals surface area contributed by atoms with E-state index in [0.29, 0.717) is 25.9 Å². The van der Waals surface area contributed by atoms with Crippen molar-refractivity contribution in [1.82, 2.24) is 4.90 Å². The summed E-state index contributed by atoms with van der Waals surface area (Å²) in [6.45, 7) is 2.79. The molecule has 2 amide bonds. The van der Waals surface area contributed by atoms with Crippen molar-refractivity contribution in [3.8, 4) is 0 Å². The Labute approximate surface area is 176 Å². The van der Waals surface area contributed by atoms with Gasteiger partial charge in [-0.2, -0.15) is 0 Å². The smallest absolute Gasteiger partial charge is 0.229 e. The van der Waals surface area contributed by atoms with Gasteiger partial charge in [-0.25, -0.2) is 4.39 Å². The molecule has 2 aliphatic heterocycles. The number of nitrogens with one attached hydrogen (secondary N) is 1. The highest BCUT2D eigenvalue weighted by Crippen LogP contribution is 2.32. The Morgan fingerprint density at radius 1 is 0.967 bits per heavy atom. The molecule has 4 rings (SSSR count). The van der Waals surface area contributed by atoms with E-state index in [1.807, 2.05) is 36.4 Å². The van der Waals surface area contributed by atoms with E-state index in [2.05, 4.69) is 10.2 Å². The first-order valence-corrected chi connectivity index (χ1v) is 10.8. The molecule has 0 spiro atoms. The van der Waals surface area contributed by atoms with Gasteiger partial charge in [0.05, 0.1) is 18.0 Å². The van der Waals surface area contributed by atoms with Crippen LogP contribution in [0.15, 0.2) is 48.5 Å². The van der Waals surface area contributed by atoms with Gasteiger partial charge in [0.15, 0.2) is 0 Å². The lowest BCUT2D eigenvalue weighted by atomic mass is 9.96. The second-order valence-electron chi connectivity index (χ2n) is 8.16. The van der Waals surface area contributed by atoms with Crippen molar-refractivity contribution in [3.63, 3.8) is 0 Å². The average molecular weight is 410 g/mol. The van der Waals surface area contributed by atoms with Gasteiger partial charge in [0, 0.05) is 26.2 Å². The Kier molecular flexibility index (Phi) is 6.31. The number of nitrogens with zero attached hydrogens (tertiary/aromatic N) is 2. The maximum atomic E-state index is 14.6. The summed E-state index contributed by atoms with van der Waals surface area (Å²) < 4.78 is 14.6. The zero-order chi connectivity index (χ0) is 20.9. The Bertz CT molecular complexity index is 897. The molecule has 0 aliphatic carbocycles. The molecule has 6 heteroatoms. The Hall–Kier alpha value is -2.89. The molecule has 0 aromatic heterocycles. The average Bonchev–Trinajstić information content (AvgIpc) is 3.30. The van der Waals surface area contributed by atoms with Crippen LogP contribution >= 0.6 is 0 Å². The van der Waals surface area contributed by atoms with Gasteiger partial charge in [0.2, 0.25) is 11.8 Å². The van der Waals surface area contributed by atoms with Crippen molar-refractivity contribution in [3.05, 3.63) is 59.9 Å². The molecule has 0 radical (unpaired) electrons. The molecule has 2 saturated heterocycles. The van der Waals surface area contributed by atoms with E-state index >= 15 is 0 Å². The van der Waals surface area contributed by atoms with Crippen LogP contribution in [0.4, 0.5) is 15.8 Å². The zero-order valence-corrected chi connectivity index (χ0v) is 17.1. The third kappa shape index (κ3) is 4.64. The molecule has 5 nitrogen and oxygen atoms in total. The Balaban J connectivity index is 1.42. The molecule has 2 aliphatic rings. The summed E-state index contributed by atoms with van der Waals surface area (Å²) in [5, 5.41) is 2.84. The fourth-order valence-electron chi connectivity index (χ4n) is 4.38. The van der Waals surface area contributed by atoms with Crippen LogP contribution in [0.5, 0.6) is 0 Å². The van der Waals surface area contributed by atoms with Crippen LogP contribution in [-0.2, 0) is 16.0 Å². The number of piperidine rings is 1.